The third-order valence-electron chi connectivity index (χ3n) is 11.9. The van der Waals surface area contributed by atoms with Gasteiger partial charge < -0.3 is 0 Å². The third-order valence-corrected chi connectivity index (χ3v) is 11.9. The topological polar surface area (TPSA) is 17.8 Å². The molecule has 250 valence electrons. The lowest BCUT2D eigenvalue weighted by Crippen LogP contribution is -2.51. The van der Waals surface area contributed by atoms with Gasteiger partial charge in [-0.25, -0.2) is 4.98 Å². The summed E-state index contributed by atoms with van der Waals surface area (Å²) in [6.07, 6.45) is 0. The van der Waals surface area contributed by atoms with Gasteiger partial charge in [0.1, 0.15) is 60.7 Å². The quantitative estimate of drug-likeness (QED) is 0.198. The van der Waals surface area contributed by atoms with Crippen LogP contribution in [0.25, 0.3) is 83.0 Å². The fourth-order valence-corrected chi connectivity index (χ4v) is 9.43. The molecule has 1 aromatic heterocycles. The highest BCUT2D eigenvalue weighted by Gasteiger charge is 2.41. The van der Waals surface area contributed by atoms with E-state index in [1.807, 2.05) is 30.3 Å². The maximum absolute atomic E-state index is 7.39. The Morgan fingerprint density at radius 2 is 0.912 bits per heavy atom. The molecule has 57 heavy (non-hydrogen) atoms. The maximum atomic E-state index is 7.39. The van der Waals surface area contributed by atoms with Crippen molar-refractivity contribution in [3.8, 4) is 50.5 Å². The van der Waals surface area contributed by atoms with Gasteiger partial charge in [-0.3, -0.25) is 4.57 Å². The van der Waals surface area contributed by atoms with Crippen molar-refractivity contribution in [3.05, 3.63) is 139 Å². The van der Waals surface area contributed by atoms with Gasteiger partial charge in [0.15, 0.2) is 0 Å². The van der Waals surface area contributed by atoms with Crippen molar-refractivity contribution in [1.29, 1.82) is 0 Å². The highest BCUT2D eigenvalue weighted by molar-refractivity contribution is 6.65. The highest BCUT2D eigenvalue weighted by Crippen LogP contribution is 2.48. The van der Waals surface area contributed by atoms with Crippen molar-refractivity contribution >= 4 is 126 Å². The summed E-state index contributed by atoms with van der Waals surface area (Å²) in [5, 5.41) is 4.03. The predicted molar refractivity (Wildman–Crippen MR) is 248 cm³/mol. The SMILES string of the molecule is [B]c1c([B])c([B])c2c(c1[B])-c1c([B])c([B])c(-c3c4ccccc4c(-c4cccc(-c5nc6ccccc6n5-c5ccccc5)c4)c4ccccc34)c([B])c1C2(C)C. The van der Waals surface area contributed by atoms with Crippen molar-refractivity contribution < 1.29 is 0 Å². The van der Waals surface area contributed by atoms with Crippen LogP contribution in [0.4, 0.5) is 0 Å². The second kappa shape index (κ2) is 12.9. The summed E-state index contributed by atoms with van der Waals surface area (Å²) in [6, 6.07) is 44.0. The van der Waals surface area contributed by atoms with Crippen LogP contribution in [0.5, 0.6) is 0 Å². The number of para-hydroxylation sites is 3. The molecule has 0 N–H and O–H groups in total. The van der Waals surface area contributed by atoms with E-state index in [0.29, 0.717) is 44.0 Å². The minimum absolute atomic E-state index is 0.212. The number of hydrogen-bond acceptors (Lipinski definition) is 1. The zero-order valence-corrected chi connectivity index (χ0v) is 31.6. The summed E-state index contributed by atoms with van der Waals surface area (Å²) < 4.78 is 2.22. The number of fused-ring (bicyclic) bond motifs is 6. The van der Waals surface area contributed by atoms with Crippen LogP contribution in [0, 0.1) is 0 Å². The first kappa shape index (κ1) is 35.6. The zero-order chi connectivity index (χ0) is 39.5. The molecule has 1 aliphatic carbocycles. The van der Waals surface area contributed by atoms with Gasteiger partial charge in [-0.05, 0) is 96.4 Å². The first-order valence-corrected chi connectivity index (χ1v) is 18.9. The molecule has 1 heterocycles. The van der Waals surface area contributed by atoms with Crippen molar-refractivity contribution in [2.75, 3.05) is 0 Å². The Balaban J connectivity index is 1.25. The van der Waals surface area contributed by atoms with Crippen molar-refractivity contribution in [1.82, 2.24) is 9.55 Å². The summed E-state index contributed by atoms with van der Waals surface area (Å²) in [4.78, 5) is 5.17. The largest absolute Gasteiger partial charge is 0.292 e. The Morgan fingerprint density at radius 1 is 0.421 bits per heavy atom. The zero-order valence-electron chi connectivity index (χ0n) is 31.6. The van der Waals surface area contributed by atoms with Gasteiger partial charge in [-0.1, -0.05) is 138 Å². The normalized spacial score (nSPS) is 13.0. The van der Waals surface area contributed by atoms with Crippen LogP contribution in [0.15, 0.2) is 127 Å². The number of nitrogens with zero attached hydrogens (tertiary/aromatic N) is 2. The smallest absolute Gasteiger partial charge is 0.145 e. The summed E-state index contributed by atoms with van der Waals surface area (Å²) in [7, 11) is 47.8. The molecule has 0 saturated heterocycles. The van der Waals surface area contributed by atoms with Crippen LogP contribution in [-0.4, -0.2) is 64.5 Å². The van der Waals surface area contributed by atoms with Gasteiger partial charge in [-0.15, -0.1) is 10.9 Å². The molecule has 10 rings (SSSR count). The molecular formula is C48H27B7N2. The van der Waals surface area contributed by atoms with E-state index in [9.17, 15) is 0 Å². The second-order valence-corrected chi connectivity index (χ2v) is 15.4. The lowest BCUT2D eigenvalue weighted by Gasteiger charge is -2.30. The van der Waals surface area contributed by atoms with Crippen molar-refractivity contribution in [2.24, 2.45) is 0 Å². The van der Waals surface area contributed by atoms with Crippen LogP contribution in [0.2, 0.25) is 0 Å². The molecule has 0 spiro atoms. The van der Waals surface area contributed by atoms with Crippen molar-refractivity contribution in [3.63, 3.8) is 0 Å². The van der Waals surface area contributed by atoms with Crippen molar-refractivity contribution in [2.45, 2.75) is 19.3 Å². The molecule has 0 fully saturated rings. The van der Waals surface area contributed by atoms with E-state index in [0.717, 1.165) is 77.5 Å². The monoisotopic (exact) mass is 708 g/mol. The molecule has 9 heteroatoms. The average Bonchev–Trinajstić information content (AvgIpc) is 3.74. The number of rotatable bonds is 4. The molecule has 14 radical (unpaired) electrons. The molecule has 2 nitrogen and oxygen atoms in total. The Kier molecular flexibility index (Phi) is 8.04. The Morgan fingerprint density at radius 3 is 1.56 bits per heavy atom. The third kappa shape index (κ3) is 4.97. The van der Waals surface area contributed by atoms with Crippen LogP contribution < -0.4 is 38.2 Å². The first-order chi connectivity index (χ1) is 27.5. The summed E-state index contributed by atoms with van der Waals surface area (Å²) in [6.45, 7) is 4.11. The average molecular weight is 707 g/mol. The Bertz CT molecular complexity index is 3130. The van der Waals surface area contributed by atoms with Crippen LogP contribution in [0.1, 0.15) is 25.0 Å². The first-order valence-electron chi connectivity index (χ1n) is 18.9. The standard InChI is InChI=1S/C48H27B7N2/c1-48(2)38-35(36-39(48)44(53)46(55)45(54)42(36)51)41(50)43(52)37(40(38)49)34-29-19-8-6-17-27(29)33(28-18-7-9-20-30(28)34)24-13-12-14-25(23-24)47-56-31-21-10-11-22-32(31)57(47)26-15-4-3-5-16-26/h3-23H,1-2H3. The lowest BCUT2D eigenvalue weighted by atomic mass is 9.61. The fraction of sp³-hybridized carbons (Fsp3) is 0.0625. The summed E-state index contributed by atoms with van der Waals surface area (Å²) in [5.41, 5.74) is 12.1. The molecule has 9 aromatic rings. The van der Waals surface area contributed by atoms with E-state index in [4.69, 9.17) is 59.9 Å². The van der Waals surface area contributed by atoms with E-state index < -0.39 is 5.41 Å². The number of aromatic nitrogens is 2. The van der Waals surface area contributed by atoms with E-state index in [2.05, 4.69) is 115 Å². The van der Waals surface area contributed by atoms with Gasteiger partial charge in [0, 0.05) is 16.7 Å². The Labute approximate surface area is 342 Å². The second-order valence-electron chi connectivity index (χ2n) is 15.4. The predicted octanol–water partition coefficient (Wildman–Crippen LogP) is 4.20. The maximum Gasteiger partial charge on any atom is 0.145 e. The van der Waals surface area contributed by atoms with Gasteiger partial charge in [0.05, 0.1) is 11.0 Å². The fourth-order valence-electron chi connectivity index (χ4n) is 9.43. The lowest BCUT2D eigenvalue weighted by molar-refractivity contribution is 0.670. The Hall–Kier alpha value is -5.80. The van der Waals surface area contributed by atoms with Gasteiger partial charge in [-0.2, -0.15) is 0 Å². The van der Waals surface area contributed by atoms with E-state index in [1.165, 1.54) is 0 Å². The molecular weight excluding hydrogens is 680 g/mol. The molecule has 0 aliphatic heterocycles. The van der Waals surface area contributed by atoms with Crippen LogP contribution >= 0.6 is 0 Å². The minimum atomic E-state index is -0.729. The van der Waals surface area contributed by atoms with Crippen LogP contribution in [-0.2, 0) is 5.41 Å². The van der Waals surface area contributed by atoms with Gasteiger partial charge in [0.25, 0.3) is 0 Å². The molecule has 0 saturated carbocycles. The minimum Gasteiger partial charge on any atom is -0.292 e. The van der Waals surface area contributed by atoms with Gasteiger partial charge >= 0.3 is 0 Å². The summed E-state index contributed by atoms with van der Waals surface area (Å²) in [5.74, 6) is 0.858. The van der Waals surface area contributed by atoms with Gasteiger partial charge in [0.2, 0.25) is 0 Å². The molecule has 1 aliphatic rings. The molecule has 8 aromatic carbocycles. The van der Waals surface area contributed by atoms with E-state index in [-0.39, 0.29) is 10.9 Å². The summed E-state index contributed by atoms with van der Waals surface area (Å²) >= 11 is 0. The van der Waals surface area contributed by atoms with Crippen LogP contribution in [0.3, 0.4) is 0 Å². The van der Waals surface area contributed by atoms with E-state index in [1.54, 1.807) is 0 Å². The van der Waals surface area contributed by atoms with E-state index >= 15 is 0 Å². The number of imidazole rings is 1. The number of benzene rings is 8. The highest BCUT2D eigenvalue weighted by atomic mass is 15.1. The number of hydrogen-bond donors (Lipinski definition) is 0. The molecule has 0 bridgehead atoms. The molecule has 0 atom stereocenters. The molecule has 0 amide bonds. The molecule has 0 unspecified atom stereocenters.